The topological polar surface area (TPSA) is 97.6 Å². The summed E-state index contributed by atoms with van der Waals surface area (Å²) in [6.45, 7) is 2.41. The van der Waals surface area contributed by atoms with E-state index in [0.717, 1.165) is 12.7 Å². The van der Waals surface area contributed by atoms with E-state index < -0.39 is 10.8 Å². The number of morpholine rings is 1. The fourth-order valence-electron chi connectivity index (χ4n) is 2.04. The predicted octanol–water partition coefficient (Wildman–Crippen LogP) is 0.704. The SMILES string of the molecule is CN1CCOC(CNC(=O)c2cc(Cl)ncc2[N+](=O)[O-])C1. The molecule has 0 aliphatic carbocycles. The monoisotopic (exact) mass is 314 g/mol. The van der Waals surface area contributed by atoms with E-state index in [1.54, 1.807) is 0 Å². The molecule has 2 rings (SSSR count). The number of amides is 1. The highest BCUT2D eigenvalue weighted by atomic mass is 35.5. The molecule has 0 aromatic carbocycles. The average molecular weight is 315 g/mol. The maximum Gasteiger partial charge on any atom is 0.300 e. The smallest absolute Gasteiger partial charge is 0.300 e. The lowest BCUT2D eigenvalue weighted by atomic mass is 10.2. The molecule has 0 saturated carbocycles. The summed E-state index contributed by atoms with van der Waals surface area (Å²) in [5, 5.41) is 13.6. The fraction of sp³-hybridized carbons (Fsp3) is 0.500. The number of carbonyl (C=O) groups excluding carboxylic acids is 1. The Hall–Kier alpha value is -1.77. The Kier molecular flexibility index (Phi) is 5.05. The van der Waals surface area contributed by atoms with Crippen molar-refractivity contribution in [3.8, 4) is 0 Å². The van der Waals surface area contributed by atoms with Gasteiger partial charge in [-0.25, -0.2) is 4.98 Å². The van der Waals surface area contributed by atoms with Gasteiger partial charge in [-0.2, -0.15) is 0 Å². The third kappa shape index (κ3) is 4.10. The fourth-order valence-corrected chi connectivity index (χ4v) is 2.20. The van der Waals surface area contributed by atoms with Crippen molar-refractivity contribution in [2.75, 3.05) is 33.3 Å². The first-order chi connectivity index (χ1) is 9.97. The van der Waals surface area contributed by atoms with Crippen LogP contribution in [-0.2, 0) is 4.74 Å². The molecule has 0 bridgehead atoms. The zero-order chi connectivity index (χ0) is 15.4. The summed E-state index contributed by atoms with van der Waals surface area (Å²) < 4.78 is 5.51. The van der Waals surface area contributed by atoms with E-state index in [9.17, 15) is 14.9 Å². The van der Waals surface area contributed by atoms with Gasteiger partial charge in [-0.3, -0.25) is 14.9 Å². The van der Waals surface area contributed by atoms with Gasteiger partial charge in [0.05, 0.1) is 17.6 Å². The molecule has 2 heterocycles. The summed E-state index contributed by atoms with van der Waals surface area (Å²) in [6.07, 6.45) is 0.839. The van der Waals surface area contributed by atoms with Crippen LogP contribution in [0.2, 0.25) is 5.15 Å². The van der Waals surface area contributed by atoms with Gasteiger partial charge in [0.2, 0.25) is 0 Å². The Morgan fingerprint density at radius 1 is 1.71 bits per heavy atom. The van der Waals surface area contributed by atoms with Crippen LogP contribution in [0.3, 0.4) is 0 Å². The zero-order valence-electron chi connectivity index (χ0n) is 11.4. The number of nitro groups is 1. The van der Waals surface area contributed by atoms with E-state index in [-0.39, 0.29) is 29.1 Å². The number of ether oxygens (including phenoxy) is 1. The molecular formula is C12H15ClN4O4. The van der Waals surface area contributed by atoms with Crippen LogP contribution in [0.5, 0.6) is 0 Å². The summed E-state index contributed by atoms with van der Waals surface area (Å²) in [6, 6.07) is 1.18. The number of hydrogen-bond donors (Lipinski definition) is 1. The van der Waals surface area contributed by atoms with E-state index >= 15 is 0 Å². The van der Waals surface area contributed by atoms with Gasteiger partial charge in [-0.05, 0) is 13.1 Å². The van der Waals surface area contributed by atoms with Crippen LogP contribution in [-0.4, -0.2) is 60.1 Å². The van der Waals surface area contributed by atoms with E-state index in [4.69, 9.17) is 16.3 Å². The number of carbonyl (C=O) groups is 1. The van der Waals surface area contributed by atoms with Gasteiger partial charge in [0.1, 0.15) is 16.9 Å². The maximum atomic E-state index is 12.1. The highest BCUT2D eigenvalue weighted by Gasteiger charge is 2.23. The maximum absolute atomic E-state index is 12.1. The van der Waals surface area contributed by atoms with Crippen molar-refractivity contribution in [3.05, 3.63) is 33.1 Å². The van der Waals surface area contributed by atoms with E-state index in [0.29, 0.717) is 13.2 Å². The van der Waals surface area contributed by atoms with Gasteiger partial charge in [0, 0.05) is 19.6 Å². The highest BCUT2D eigenvalue weighted by Crippen LogP contribution is 2.20. The number of aromatic nitrogens is 1. The van der Waals surface area contributed by atoms with Crippen LogP contribution in [0.1, 0.15) is 10.4 Å². The molecule has 0 spiro atoms. The second-order valence-electron chi connectivity index (χ2n) is 4.75. The summed E-state index contributed by atoms with van der Waals surface area (Å²) >= 11 is 5.69. The average Bonchev–Trinajstić information content (AvgIpc) is 2.44. The Morgan fingerprint density at radius 2 is 2.48 bits per heavy atom. The van der Waals surface area contributed by atoms with Crippen LogP contribution < -0.4 is 5.32 Å². The molecule has 8 nitrogen and oxygen atoms in total. The molecule has 1 aromatic heterocycles. The molecule has 21 heavy (non-hydrogen) atoms. The lowest BCUT2D eigenvalue weighted by Crippen LogP contribution is -2.46. The third-order valence-corrected chi connectivity index (χ3v) is 3.33. The molecule has 1 saturated heterocycles. The molecule has 114 valence electrons. The standard InChI is InChI=1S/C12H15ClN4O4/c1-16-2-3-21-8(7-16)5-15-12(18)9-4-11(13)14-6-10(9)17(19)20/h4,6,8H,2-3,5,7H2,1H3,(H,15,18). The molecule has 1 amide bonds. The van der Waals surface area contributed by atoms with Gasteiger partial charge in [0.15, 0.2) is 0 Å². The summed E-state index contributed by atoms with van der Waals surface area (Å²) in [7, 11) is 1.96. The molecule has 1 aliphatic heterocycles. The van der Waals surface area contributed by atoms with Crippen LogP contribution in [0.15, 0.2) is 12.3 Å². The first-order valence-electron chi connectivity index (χ1n) is 6.35. The predicted molar refractivity (Wildman–Crippen MR) is 75.5 cm³/mol. The molecule has 1 unspecified atom stereocenters. The van der Waals surface area contributed by atoms with Gasteiger partial charge in [-0.15, -0.1) is 0 Å². The Bertz CT molecular complexity index is 554. The van der Waals surface area contributed by atoms with Crippen LogP contribution >= 0.6 is 11.6 Å². The number of nitrogens with zero attached hydrogens (tertiary/aromatic N) is 3. The highest BCUT2D eigenvalue weighted by molar-refractivity contribution is 6.29. The minimum absolute atomic E-state index is 0.0272. The largest absolute Gasteiger partial charge is 0.374 e. The van der Waals surface area contributed by atoms with Gasteiger partial charge < -0.3 is 15.0 Å². The van der Waals surface area contributed by atoms with Crippen molar-refractivity contribution >= 4 is 23.2 Å². The Morgan fingerprint density at radius 3 is 3.14 bits per heavy atom. The minimum atomic E-state index is -0.664. The minimum Gasteiger partial charge on any atom is -0.374 e. The molecule has 1 atom stereocenters. The second-order valence-corrected chi connectivity index (χ2v) is 5.13. The van der Waals surface area contributed by atoms with Gasteiger partial charge in [-0.1, -0.05) is 11.6 Å². The number of pyridine rings is 1. The normalized spacial score (nSPS) is 19.2. The second kappa shape index (κ2) is 6.79. The molecular weight excluding hydrogens is 300 g/mol. The van der Waals surface area contributed by atoms with Crippen LogP contribution in [0.25, 0.3) is 0 Å². The molecule has 0 radical (unpaired) electrons. The van der Waals surface area contributed by atoms with Crippen LogP contribution in [0, 0.1) is 10.1 Å². The zero-order valence-corrected chi connectivity index (χ0v) is 12.2. The van der Waals surface area contributed by atoms with Crippen molar-refractivity contribution in [2.45, 2.75) is 6.10 Å². The number of halogens is 1. The van der Waals surface area contributed by atoms with Crippen LogP contribution in [0.4, 0.5) is 5.69 Å². The lowest BCUT2D eigenvalue weighted by molar-refractivity contribution is -0.385. The molecule has 9 heteroatoms. The number of likely N-dealkylation sites (N-methyl/N-ethyl adjacent to an activating group) is 1. The van der Waals surface area contributed by atoms with Crippen molar-refractivity contribution < 1.29 is 14.5 Å². The van der Waals surface area contributed by atoms with Crippen molar-refractivity contribution in [1.82, 2.24) is 15.2 Å². The molecule has 1 fully saturated rings. The summed E-state index contributed by atoms with van der Waals surface area (Å²) in [4.78, 5) is 28.0. The van der Waals surface area contributed by atoms with E-state index in [1.165, 1.54) is 6.07 Å². The molecule has 1 aromatic rings. The van der Waals surface area contributed by atoms with Crippen molar-refractivity contribution in [3.63, 3.8) is 0 Å². The number of nitrogens with one attached hydrogen (secondary N) is 1. The van der Waals surface area contributed by atoms with Crippen molar-refractivity contribution in [1.29, 1.82) is 0 Å². The Labute approximate surface area is 126 Å². The van der Waals surface area contributed by atoms with Crippen molar-refractivity contribution in [2.24, 2.45) is 0 Å². The lowest BCUT2D eigenvalue weighted by Gasteiger charge is -2.30. The third-order valence-electron chi connectivity index (χ3n) is 3.12. The molecule has 1 N–H and O–H groups in total. The molecule has 1 aliphatic rings. The summed E-state index contributed by atoms with van der Waals surface area (Å²) in [5.41, 5.74) is -0.484. The first kappa shape index (κ1) is 15.6. The first-order valence-corrected chi connectivity index (χ1v) is 6.73. The summed E-state index contributed by atoms with van der Waals surface area (Å²) in [5.74, 6) is -0.567. The number of hydrogen-bond acceptors (Lipinski definition) is 6. The number of rotatable bonds is 4. The van der Waals surface area contributed by atoms with E-state index in [1.807, 2.05) is 7.05 Å². The van der Waals surface area contributed by atoms with Gasteiger partial charge in [0.25, 0.3) is 11.6 Å². The van der Waals surface area contributed by atoms with E-state index in [2.05, 4.69) is 15.2 Å². The van der Waals surface area contributed by atoms with Gasteiger partial charge >= 0.3 is 0 Å². The Balaban J connectivity index is 2.03. The quantitative estimate of drug-likeness (QED) is 0.499.